The van der Waals surface area contributed by atoms with E-state index in [0.29, 0.717) is 6.04 Å². The highest BCUT2D eigenvalue weighted by Gasteiger charge is 2.05. The Hall–Kier alpha value is -1.36. The van der Waals surface area contributed by atoms with Crippen molar-refractivity contribution in [3.63, 3.8) is 0 Å². The molecular formula is C15H23N3O. The lowest BCUT2D eigenvalue weighted by Crippen LogP contribution is -2.37. The van der Waals surface area contributed by atoms with Gasteiger partial charge in [0, 0.05) is 49.9 Å². The Morgan fingerprint density at radius 2 is 2.16 bits per heavy atom. The summed E-state index contributed by atoms with van der Waals surface area (Å²) >= 11 is 0. The van der Waals surface area contributed by atoms with Gasteiger partial charge in [-0.05, 0) is 18.6 Å². The van der Waals surface area contributed by atoms with Gasteiger partial charge in [-0.15, -0.1) is 0 Å². The number of aromatic amines is 1. The Balaban J connectivity index is 1.78. The number of para-hydroxylation sites is 1. The molecule has 3 N–H and O–H groups in total. The van der Waals surface area contributed by atoms with Crippen LogP contribution < -0.4 is 10.6 Å². The molecular weight excluding hydrogens is 238 g/mol. The van der Waals surface area contributed by atoms with Crippen LogP contribution in [0.5, 0.6) is 0 Å². The molecule has 4 heteroatoms. The van der Waals surface area contributed by atoms with E-state index >= 15 is 0 Å². The number of hydrogen-bond donors (Lipinski definition) is 3. The van der Waals surface area contributed by atoms with E-state index in [0.717, 1.165) is 26.2 Å². The summed E-state index contributed by atoms with van der Waals surface area (Å²) in [6, 6.07) is 8.83. The van der Waals surface area contributed by atoms with Crippen molar-refractivity contribution in [3.8, 4) is 0 Å². The molecule has 0 aliphatic rings. The second-order valence-electron chi connectivity index (χ2n) is 4.84. The first-order valence-corrected chi connectivity index (χ1v) is 6.79. The van der Waals surface area contributed by atoms with Gasteiger partial charge in [-0.25, -0.2) is 0 Å². The van der Waals surface area contributed by atoms with Gasteiger partial charge in [0.1, 0.15) is 0 Å². The number of H-pyrrole nitrogens is 1. The molecule has 1 atom stereocenters. The van der Waals surface area contributed by atoms with Crippen molar-refractivity contribution in [2.45, 2.75) is 19.5 Å². The summed E-state index contributed by atoms with van der Waals surface area (Å²) in [5.74, 6) is 0. The number of fused-ring (bicyclic) bond motifs is 1. The smallest absolute Gasteiger partial charge is 0.0587 e. The van der Waals surface area contributed by atoms with Crippen LogP contribution in [0.1, 0.15) is 12.5 Å². The predicted octanol–water partition coefficient (Wildman–Crippen LogP) is 1.88. The quantitative estimate of drug-likeness (QED) is 0.636. The first kappa shape index (κ1) is 14.1. The highest BCUT2D eigenvalue weighted by atomic mass is 16.5. The molecule has 0 amide bonds. The average Bonchev–Trinajstić information content (AvgIpc) is 2.85. The molecule has 0 radical (unpaired) electrons. The highest BCUT2D eigenvalue weighted by Crippen LogP contribution is 2.17. The van der Waals surface area contributed by atoms with E-state index in [1.807, 2.05) is 0 Å². The minimum Gasteiger partial charge on any atom is -0.383 e. The fraction of sp³-hybridized carbons (Fsp3) is 0.467. The lowest BCUT2D eigenvalue weighted by molar-refractivity contribution is 0.198. The molecule has 0 saturated heterocycles. The van der Waals surface area contributed by atoms with Gasteiger partial charge in [0.25, 0.3) is 0 Å². The zero-order valence-corrected chi connectivity index (χ0v) is 11.7. The summed E-state index contributed by atoms with van der Waals surface area (Å²) in [5.41, 5.74) is 2.52. The van der Waals surface area contributed by atoms with Gasteiger partial charge in [-0.3, -0.25) is 0 Å². The fourth-order valence-corrected chi connectivity index (χ4v) is 2.13. The van der Waals surface area contributed by atoms with Gasteiger partial charge in [-0.2, -0.15) is 0 Å². The van der Waals surface area contributed by atoms with E-state index in [9.17, 15) is 0 Å². The van der Waals surface area contributed by atoms with Gasteiger partial charge in [0.15, 0.2) is 0 Å². The van der Waals surface area contributed by atoms with Crippen molar-refractivity contribution in [1.82, 2.24) is 15.6 Å². The van der Waals surface area contributed by atoms with Crippen LogP contribution in [0.25, 0.3) is 10.9 Å². The number of ether oxygens (including phenoxy) is 1. The van der Waals surface area contributed by atoms with Crippen molar-refractivity contribution < 1.29 is 4.74 Å². The van der Waals surface area contributed by atoms with Crippen molar-refractivity contribution >= 4 is 10.9 Å². The van der Waals surface area contributed by atoms with Gasteiger partial charge in [0.05, 0.1) is 6.61 Å². The zero-order valence-electron chi connectivity index (χ0n) is 11.7. The standard InChI is InChI=1S/C15H23N3O/c1-12(9-16-7-8-19-2)17-10-13-11-18-15-6-4-3-5-14(13)15/h3-6,11-12,16-18H,7-10H2,1-2H3. The Kier molecular flexibility index (Phi) is 5.39. The minimum absolute atomic E-state index is 0.436. The molecule has 2 rings (SSSR count). The molecule has 0 aliphatic heterocycles. The number of rotatable bonds is 8. The van der Waals surface area contributed by atoms with Crippen LogP contribution in [-0.2, 0) is 11.3 Å². The van der Waals surface area contributed by atoms with E-state index in [-0.39, 0.29) is 0 Å². The van der Waals surface area contributed by atoms with Crippen molar-refractivity contribution in [1.29, 1.82) is 0 Å². The Morgan fingerprint density at radius 1 is 1.32 bits per heavy atom. The van der Waals surface area contributed by atoms with Crippen LogP contribution in [0.15, 0.2) is 30.5 Å². The summed E-state index contributed by atoms with van der Waals surface area (Å²) in [4.78, 5) is 3.30. The van der Waals surface area contributed by atoms with E-state index in [1.54, 1.807) is 7.11 Å². The molecule has 1 aromatic heterocycles. The van der Waals surface area contributed by atoms with Crippen LogP contribution in [-0.4, -0.2) is 37.8 Å². The Morgan fingerprint density at radius 3 is 3.00 bits per heavy atom. The van der Waals surface area contributed by atoms with E-state index in [2.05, 4.69) is 53.0 Å². The molecule has 1 aromatic carbocycles. The SMILES string of the molecule is COCCNCC(C)NCc1c[nH]c2ccccc12. The summed E-state index contributed by atoms with van der Waals surface area (Å²) in [6.07, 6.45) is 2.09. The molecule has 104 valence electrons. The van der Waals surface area contributed by atoms with Gasteiger partial charge >= 0.3 is 0 Å². The first-order chi connectivity index (χ1) is 9.31. The molecule has 2 aromatic rings. The molecule has 4 nitrogen and oxygen atoms in total. The maximum absolute atomic E-state index is 5.00. The van der Waals surface area contributed by atoms with Gasteiger partial charge < -0.3 is 20.4 Å². The third kappa shape index (κ3) is 4.06. The summed E-state index contributed by atoms with van der Waals surface area (Å²) in [6.45, 7) is 5.68. The molecule has 1 heterocycles. The van der Waals surface area contributed by atoms with E-state index < -0.39 is 0 Å². The van der Waals surface area contributed by atoms with Crippen molar-refractivity contribution in [2.24, 2.45) is 0 Å². The molecule has 0 bridgehead atoms. The lowest BCUT2D eigenvalue weighted by Gasteiger charge is -2.14. The molecule has 0 saturated carbocycles. The maximum Gasteiger partial charge on any atom is 0.0587 e. The summed E-state index contributed by atoms with van der Waals surface area (Å²) in [7, 11) is 1.72. The van der Waals surface area contributed by atoms with Crippen LogP contribution >= 0.6 is 0 Å². The molecule has 0 aliphatic carbocycles. The van der Waals surface area contributed by atoms with Crippen LogP contribution in [0, 0.1) is 0 Å². The topological polar surface area (TPSA) is 49.1 Å². The molecule has 0 fully saturated rings. The summed E-state index contributed by atoms with van der Waals surface area (Å²) < 4.78 is 5.00. The second kappa shape index (κ2) is 7.28. The van der Waals surface area contributed by atoms with E-state index in [1.165, 1.54) is 16.5 Å². The number of hydrogen-bond acceptors (Lipinski definition) is 3. The minimum atomic E-state index is 0.436. The van der Waals surface area contributed by atoms with Gasteiger partial charge in [0.2, 0.25) is 0 Å². The normalized spacial score (nSPS) is 12.9. The van der Waals surface area contributed by atoms with Crippen LogP contribution in [0.4, 0.5) is 0 Å². The van der Waals surface area contributed by atoms with Crippen molar-refractivity contribution in [3.05, 3.63) is 36.0 Å². The number of nitrogens with one attached hydrogen (secondary N) is 3. The number of benzene rings is 1. The van der Waals surface area contributed by atoms with Gasteiger partial charge in [-0.1, -0.05) is 18.2 Å². The average molecular weight is 261 g/mol. The lowest BCUT2D eigenvalue weighted by atomic mass is 10.1. The molecule has 0 spiro atoms. The largest absolute Gasteiger partial charge is 0.383 e. The van der Waals surface area contributed by atoms with Crippen LogP contribution in [0.2, 0.25) is 0 Å². The summed E-state index contributed by atoms with van der Waals surface area (Å²) in [5, 5.41) is 8.19. The maximum atomic E-state index is 5.00. The van der Waals surface area contributed by atoms with Crippen molar-refractivity contribution in [2.75, 3.05) is 26.8 Å². The third-order valence-corrected chi connectivity index (χ3v) is 3.25. The predicted molar refractivity (Wildman–Crippen MR) is 79.3 cm³/mol. The second-order valence-corrected chi connectivity index (χ2v) is 4.84. The monoisotopic (exact) mass is 261 g/mol. The third-order valence-electron chi connectivity index (χ3n) is 3.25. The molecule has 19 heavy (non-hydrogen) atoms. The Bertz CT molecular complexity index is 495. The van der Waals surface area contributed by atoms with E-state index in [4.69, 9.17) is 4.74 Å². The highest BCUT2D eigenvalue weighted by molar-refractivity contribution is 5.82. The van der Waals surface area contributed by atoms with Crippen LogP contribution in [0.3, 0.4) is 0 Å². The fourth-order valence-electron chi connectivity index (χ4n) is 2.13. The zero-order chi connectivity index (χ0) is 13.5. The molecule has 1 unspecified atom stereocenters. The number of methoxy groups -OCH3 is 1. The number of aromatic nitrogens is 1. The first-order valence-electron chi connectivity index (χ1n) is 6.79. The Labute approximate surface area is 114 Å².